The van der Waals surface area contributed by atoms with Crippen LogP contribution in [0.3, 0.4) is 0 Å². The van der Waals surface area contributed by atoms with Gasteiger partial charge in [0.2, 0.25) is 0 Å². The number of pyridine rings is 1. The predicted octanol–water partition coefficient (Wildman–Crippen LogP) is 3.76. The SMILES string of the molecule is CC(C)NCc1cnccc1N1CC=C(C(C)(C)C)CC1. The summed E-state index contributed by atoms with van der Waals surface area (Å²) in [6, 6.07) is 2.64. The van der Waals surface area contributed by atoms with Crippen LogP contribution in [0.5, 0.6) is 0 Å². The van der Waals surface area contributed by atoms with E-state index < -0.39 is 0 Å². The van der Waals surface area contributed by atoms with Crippen molar-refractivity contribution in [2.24, 2.45) is 5.41 Å². The van der Waals surface area contributed by atoms with Gasteiger partial charge in [0.15, 0.2) is 0 Å². The van der Waals surface area contributed by atoms with Gasteiger partial charge in [-0.15, -0.1) is 0 Å². The second-order valence-corrected chi connectivity index (χ2v) is 7.22. The molecule has 0 saturated heterocycles. The molecule has 0 fully saturated rings. The fourth-order valence-electron chi connectivity index (χ4n) is 2.75. The van der Waals surface area contributed by atoms with Crippen LogP contribution in [0, 0.1) is 5.41 Å². The van der Waals surface area contributed by atoms with Crippen LogP contribution < -0.4 is 10.2 Å². The maximum Gasteiger partial charge on any atom is 0.0445 e. The molecule has 3 heteroatoms. The number of hydrogen-bond donors (Lipinski definition) is 1. The molecule has 116 valence electrons. The Morgan fingerprint density at radius 1 is 1.33 bits per heavy atom. The fourth-order valence-corrected chi connectivity index (χ4v) is 2.75. The molecule has 0 unspecified atom stereocenters. The Bertz CT molecular complexity index is 497. The van der Waals surface area contributed by atoms with Gasteiger partial charge in [-0.05, 0) is 17.9 Å². The van der Waals surface area contributed by atoms with Crippen molar-refractivity contribution in [3.8, 4) is 0 Å². The standard InChI is InChI=1S/C18H29N3/c1-14(2)20-13-15-12-19-9-6-17(15)21-10-7-16(8-11-21)18(3,4)5/h6-7,9,12,14,20H,8,10-11,13H2,1-5H3. The normalized spacial score (nSPS) is 16.3. The number of anilines is 1. The van der Waals surface area contributed by atoms with Gasteiger partial charge in [-0.25, -0.2) is 0 Å². The van der Waals surface area contributed by atoms with Crippen LogP contribution in [0.15, 0.2) is 30.1 Å². The molecule has 0 spiro atoms. The molecule has 0 saturated carbocycles. The van der Waals surface area contributed by atoms with Gasteiger partial charge < -0.3 is 10.2 Å². The highest BCUT2D eigenvalue weighted by Gasteiger charge is 2.22. The molecule has 0 atom stereocenters. The minimum atomic E-state index is 0.298. The molecule has 0 amide bonds. The van der Waals surface area contributed by atoms with Crippen LogP contribution >= 0.6 is 0 Å². The maximum atomic E-state index is 4.29. The lowest BCUT2D eigenvalue weighted by molar-refractivity contribution is 0.472. The highest BCUT2D eigenvalue weighted by molar-refractivity contribution is 5.53. The second-order valence-electron chi connectivity index (χ2n) is 7.22. The zero-order chi connectivity index (χ0) is 15.5. The van der Waals surface area contributed by atoms with Crippen molar-refractivity contribution in [1.29, 1.82) is 0 Å². The third-order valence-electron chi connectivity index (χ3n) is 4.09. The molecule has 21 heavy (non-hydrogen) atoms. The number of hydrogen-bond acceptors (Lipinski definition) is 3. The first-order chi connectivity index (χ1) is 9.88. The third-order valence-corrected chi connectivity index (χ3v) is 4.09. The predicted molar refractivity (Wildman–Crippen MR) is 90.6 cm³/mol. The van der Waals surface area contributed by atoms with Crippen molar-refractivity contribution in [3.63, 3.8) is 0 Å². The average molecular weight is 287 g/mol. The molecule has 0 aromatic carbocycles. The summed E-state index contributed by atoms with van der Waals surface area (Å²) in [5.41, 5.74) is 4.49. The van der Waals surface area contributed by atoms with Crippen molar-refractivity contribution in [3.05, 3.63) is 35.7 Å². The van der Waals surface area contributed by atoms with Crippen molar-refractivity contribution in [2.45, 2.75) is 53.6 Å². The Balaban J connectivity index is 2.11. The Hall–Kier alpha value is -1.35. The summed E-state index contributed by atoms with van der Waals surface area (Å²) >= 11 is 0. The van der Waals surface area contributed by atoms with Crippen LogP contribution in [-0.4, -0.2) is 24.1 Å². The van der Waals surface area contributed by atoms with Gasteiger partial charge in [-0.1, -0.05) is 46.3 Å². The summed E-state index contributed by atoms with van der Waals surface area (Å²) < 4.78 is 0. The molecule has 1 aromatic heterocycles. The molecule has 1 aromatic rings. The number of aromatic nitrogens is 1. The summed E-state index contributed by atoms with van der Waals surface area (Å²) in [5.74, 6) is 0. The van der Waals surface area contributed by atoms with E-state index in [2.05, 4.69) is 62.0 Å². The Morgan fingerprint density at radius 2 is 2.10 bits per heavy atom. The summed E-state index contributed by atoms with van der Waals surface area (Å²) in [6.07, 6.45) is 7.46. The molecular formula is C18H29N3. The Kier molecular flexibility index (Phi) is 5.04. The van der Waals surface area contributed by atoms with Crippen LogP contribution in [0.4, 0.5) is 5.69 Å². The van der Waals surface area contributed by atoms with E-state index in [0.29, 0.717) is 11.5 Å². The largest absolute Gasteiger partial charge is 0.367 e. The van der Waals surface area contributed by atoms with E-state index >= 15 is 0 Å². The fraction of sp³-hybridized carbons (Fsp3) is 0.611. The molecule has 3 nitrogen and oxygen atoms in total. The summed E-state index contributed by atoms with van der Waals surface area (Å²) in [7, 11) is 0. The van der Waals surface area contributed by atoms with Crippen molar-refractivity contribution >= 4 is 5.69 Å². The van der Waals surface area contributed by atoms with Crippen molar-refractivity contribution in [1.82, 2.24) is 10.3 Å². The minimum absolute atomic E-state index is 0.298. The lowest BCUT2D eigenvalue weighted by atomic mass is 9.83. The monoisotopic (exact) mass is 287 g/mol. The van der Waals surface area contributed by atoms with Crippen molar-refractivity contribution < 1.29 is 0 Å². The van der Waals surface area contributed by atoms with E-state index in [1.165, 1.54) is 11.3 Å². The first kappa shape index (κ1) is 16.0. The molecule has 0 bridgehead atoms. The number of rotatable bonds is 4. The lowest BCUT2D eigenvalue weighted by Crippen LogP contribution is -2.32. The maximum absolute atomic E-state index is 4.29. The van der Waals surface area contributed by atoms with E-state index in [0.717, 1.165) is 26.1 Å². The minimum Gasteiger partial charge on any atom is -0.367 e. The highest BCUT2D eigenvalue weighted by atomic mass is 15.1. The van der Waals surface area contributed by atoms with Gasteiger partial charge in [0.25, 0.3) is 0 Å². The van der Waals surface area contributed by atoms with Crippen LogP contribution in [0.1, 0.15) is 46.6 Å². The topological polar surface area (TPSA) is 28.2 Å². The second kappa shape index (κ2) is 6.61. The van der Waals surface area contributed by atoms with E-state index in [4.69, 9.17) is 0 Å². The molecule has 1 aliphatic rings. The molecule has 2 heterocycles. The van der Waals surface area contributed by atoms with Gasteiger partial charge in [-0.3, -0.25) is 4.98 Å². The van der Waals surface area contributed by atoms with Crippen LogP contribution in [0.25, 0.3) is 0 Å². The quantitative estimate of drug-likeness (QED) is 0.855. The molecule has 0 aliphatic carbocycles. The van der Waals surface area contributed by atoms with E-state index in [9.17, 15) is 0 Å². The molecule has 0 radical (unpaired) electrons. The van der Waals surface area contributed by atoms with E-state index in [-0.39, 0.29) is 0 Å². The highest BCUT2D eigenvalue weighted by Crippen LogP contribution is 2.32. The smallest absolute Gasteiger partial charge is 0.0445 e. The van der Waals surface area contributed by atoms with Crippen LogP contribution in [0.2, 0.25) is 0 Å². The van der Waals surface area contributed by atoms with E-state index in [1.807, 2.05) is 12.4 Å². The first-order valence-corrected chi connectivity index (χ1v) is 7.98. The molecular weight excluding hydrogens is 258 g/mol. The summed E-state index contributed by atoms with van der Waals surface area (Å²) in [4.78, 5) is 6.76. The summed E-state index contributed by atoms with van der Waals surface area (Å²) in [6.45, 7) is 14.3. The Labute approximate surface area is 129 Å². The Morgan fingerprint density at radius 3 is 2.67 bits per heavy atom. The van der Waals surface area contributed by atoms with E-state index in [1.54, 1.807) is 5.57 Å². The lowest BCUT2D eigenvalue weighted by Gasteiger charge is -2.34. The zero-order valence-electron chi connectivity index (χ0n) is 14.1. The van der Waals surface area contributed by atoms with Crippen molar-refractivity contribution in [2.75, 3.05) is 18.0 Å². The molecule has 2 rings (SSSR count). The number of nitrogens with zero attached hydrogens (tertiary/aromatic N) is 2. The third kappa shape index (κ3) is 4.31. The van der Waals surface area contributed by atoms with Gasteiger partial charge >= 0.3 is 0 Å². The first-order valence-electron chi connectivity index (χ1n) is 7.98. The number of nitrogens with one attached hydrogen (secondary N) is 1. The molecule has 1 aliphatic heterocycles. The summed E-state index contributed by atoms with van der Waals surface area (Å²) in [5, 5.41) is 3.49. The zero-order valence-corrected chi connectivity index (χ0v) is 14.1. The van der Waals surface area contributed by atoms with Crippen LogP contribution in [-0.2, 0) is 6.54 Å². The molecule has 1 N–H and O–H groups in total. The van der Waals surface area contributed by atoms with Gasteiger partial charge in [0.05, 0.1) is 0 Å². The van der Waals surface area contributed by atoms with Gasteiger partial charge in [0, 0.05) is 49.3 Å². The van der Waals surface area contributed by atoms with Gasteiger partial charge in [0.1, 0.15) is 0 Å². The van der Waals surface area contributed by atoms with Gasteiger partial charge in [-0.2, -0.15) is 0 Å². The average Bonchev–Trinajstić information content (AvgIpc) is 2.44.